The van der Waals surface area contributed by atoms with Gasteiger partial charge >= 0.3 is 0 Å². The molecule has 0 saturated carbocycles. The van der Waals surface area contributed by atoms with Crippen LogP contribution in [-0.2, 0) is 6.42 Å². The van der Waals surface area contributed by atoms with Crippen molar-refractivity contribution >= 4 is 11.6 Å². The zero-order chi connectivity index (χ0) is 17.1. The molecule has 0 saturated heterocycles. The van der Waals surface area contributed by atoms with Gasteiger partial charge in [0.15, 0.2) is 0 Å². The molecule has 0 aliphatic carbocycles. The van der Waals surface area contributed by atoms with E-state index in [4.69, 9.17) is 0 Å². The van der Waals surface area contributed by atoms with Crippen molar-refractivity contribution in [1.29, 1.82) is 0 Å². The fourth-order valence-electron chi connectivity index (χ4n) is 3.32. The number of para-hydroxylation sites is 1. The van der Waals surface area contributed by atoms with Crippen molar-refractivity contribution in [2.75, 3.05) is 11.9 Å². The SMILES string of the molecule is O=C1c2ccccc2NC(c2ccccc2)N1CCc1ccccc1. The van der Waals surface area contributed by atoms with Crippen LogP contribution in [0.5, 0.6) is 0 Å². The van der Waals surface area contributed by atoms with Gasteiger partial charge in [-0.3, -0.25) is 4.79 Å². The van der Waals surface area contributed by atoms with Crippen LogP contribution in [-0.4, -0.2) is 17.4 Å². The third kappa shape index (κ3) is 3.13. The lowest BCUT2D eigenvalue weighted by molar-refractivity contribution is 0.0685. The zero-order valence-electron chi connectivity index (χ0n) is 13.9. The van der Waals surface area contributed by atoms with Crippen LogP contribution in [0.3, 0.4) is 0 Å². The number of benzene rings is 3. The third-order valence-electron chi connectivity index (χ3n) is 4.62. The largest absolute Gasteiger partial charge is 0.361 e. The molecule has 0 radical (unpaired) electrons. The van der Waals surface area contributed by atoms with E-state index in [0.717, 1.165) is 23.2 Å². The Kier molecular flexibility index (Phi) is 4.21. The number of anilines is 1. The quantitative estimate of drug-likeness (QED) is 0.765. The molecule has 1 atom stereocenters. The van der Waals surface area contributed by atoms with Gasteiger partial charge in [-0.05, 0) is 29.7 Å². The Balaban J connectivity index is 1.66. The van der Waals surface area contributed by atoms with Crippen molar-refractivity contribution in [3.63, 3.8) is 0 Å². The predicted octanol–water partition coefficient (Wildman–Crippen LogP) is 4.50. The smallest absolute Gasteiger partial charge is 0.257 e. The number of carbonyl (C=O) groups excluding carboxylic acids is 1. The summed E-state index contributed by atoms with van der Waals surface area (Å²) in [5, 5.41) is 3.54. The number of carbonyl (C=O) groups is 1. The molecule has 1 unspecified atom stereocenters. The minimum Gasteiger partial charge on any atom is -0.361 e. The zero-order valence-corrected chi connectivity index (χ0v) is 13.9. The summed E-state index contributed by atoms with van der Waals surface area (Å²) < 4.78 is 0. The molecular weight excluding hydrogens is 308 g/mol. The summed E-state index contributed by atoms with van der Waals surface area (Å²) in [6.07, 6.45) is 0.687. The third-order valence-corrected chi connectivity index (χ3v) is 4.62. The van der Waals surface area contributed by atoms with Crippen LogP contribution in [0.1, 0.15) is 27.7 Å². The summed E-state index contributed by atoms with van der Waals surface area (Å²) in [5.74, 6) is 0.0825. The minimum atomic E-state index is -0.146. The van der Waals surface area contributed by atoms with Crippen LogP contribution in [0.4, 0.5) is 5.69 Å². The highest BCUT2D eigenvalue weighted by Crippen LogP contribution is 2.32. The van der Waals surface area contributed by atoms with Crippen LogP contribution in [0.25, 0.3) is 0 Å². The number of fused-ring (bicyclic) bond motifs is 1. The van der Waals surface area contributed by atoms with Crippen LogP contribution < -0.4 is 5.32 Å². The van der Waals surface area contributed by atoms with Gasteiger partial charge in [0.1, 0.15) is 6.17 Å². The molecule has 3 heteroatoms. The molecule has 4 rings (SSSR count). The van der Waals surface area contributed by atoms with Crippen LogP contribution in [0, 0.1) is 0 Å². The topological polar surface area (TPSA) is 32.3 Å². The molecular formula is C22H20N2O. The first-order valence-corrected chi connectivity index (χ1v) is 8.58. The van der Waals surface area contributed by atoms with E-state index >= 15 is 0 Å². The lowest BCUT2D eigenvalue weighted by atomic mass is 10.0. The van der Waals surface area contributed by atoms with Crippen molar-refractivity contribution in [1.82, 2.24) is 4.90 Å². The summed E-state index contributed by atoms with van der Waals surface area (Å²) in [4.78, 5) is 15.0. The van der Waals surface area contributed by atoms with Gasteiger partial charge in [-0.15, -0.1) is 0 Å². The maximum Gasteiger partial charge on any atom is 0.257 e. The van der Waals surface area contributed by atoms with Crippen LogP contribution in [0.15, 0.2) is 84.9 Å². The van der Waals surface area contributed by atoms with Gasteiger partial charge < -0.3 is 10.2 Å². The second-order valence-corrected chi connectivity index (χ2v) is 6.24. The van der Waals surface area contributed by atoms with E-state index in [1.54, 1.807) is 0 Å². The maximum atomic E-state index is 13.1. The van der Waals surface area contributed by atoms with Gasteiger partial charge in [0, 0.05) is 12.2 Å². The molecule has 1 N–H and O–H groups in total. The second kappa shape index (κ2) is 6.81. The summed E-state index contributed by atoms with van der Waals surface area (Å²) in [5.41, 5.74) is 3.97. The van der Waals surface area contributed by atoms with Gasteiger partial charge in [0.05, 0.1) is 5.56 Å². The number of rotatable bonds is 4. The van der Waals surface area contributed by atoms with E-state index in [1.165, 1.54) is 5.56 Å². The molecule has 1 amide bonds. The fraction of sp³-hybridized carbons (Fsp3) is 0.136. The Bertz CT molecular complexity index is 861. The molecule has 1 aliphatic rings. The Morgan fingerprint density at radius 1 is 0.800 bits per heavy atom. The van der Waals surface area contributed by atoms with Crippen molar-refractivity contribution in [2.45, 2.75) is 12.6 Å². The Labute approximate surface area is 147 Å². The minimum absolute atomic E-state index is 0.0825. The predicted molar refractivity (Wildman–Crippen MR) is 100 cm³/mol. The summed E-state index contributed by atoms with van der Waals surface area (Å²) in [7, 11) is 0. The Hall–Kier alpha value is -3.07. The average molecular weight is 328 g/mol. The molecule has 124 valence electrons. The Morgan fingerprint density at radius 2 is 1.44 bits per heavy atom. The van der Waals surface area contributed by atoms with E-state index < -0.39 is 0 Å². The molecule has 1 aliphatic heterocycles. The molecule has 0 fully saturated rings. The van der Waals surface area contributed by atoms with E-state index in [9.17, 15) is 4.79 Å². The van der Waals surface area contributed by atoms with Gasteiger partial charge in [-0.1, -0.05) is 72.8 Å². The van der Waals surface area contributed by atoms with Crippen molar-refractivity contribution in [3.05, 3.63) is 102 Å². The number of hydrogen-bond donors (Lipinski definition) is 1. The number of amides is 1. The number of nitrogens with one attached hydrogen (secondary N) is 1. The molecule has 0 aromatic heterocycles. The fourth-order valence-corrected chi connectivity index (χ4v) is 3.32. The first-order valence-electron chi connectivity index (χ1n) is 8.58. The molecule has 0 bridgehead atoms. The normalized spacial score (nSPS) is 16.2. The first kappa shape index (κ1) is 15.5. The summed E-state index contributed by atoms with van der Waals surface area (Å²) in [6.45, 7) is 0.670. The highest BCUT2D eigenvalue weighted by Gasteiger charge is 2.32. The van der Waals surface area contributed by atoms with E-state index in [1.807, 2.05) is 65.6 Å². The standard InChI is InChI=1S/C22H20N2O/c25-22-19-13-7-8-14-20(19)23-21(18-11-5-2-6-12-18)24(22)16-15-17-9-3-1-4-10-17/h1-14,21,23H,15-16H2. The van der Waals surface area contributed by atoms with Gasteiger partial charge in [-0.2, -0.15) is 0 Å². The monoisotopic (exact) mass is 328 g/mol. The molecule has 0 spiro atoms. The molecule has 3 nitrogen and oxygen atoms in total. The average Bonchev–Trinajstić information content (AvgIpc) is 2.69. The van der Waals surface area contributed by atoms with Crippen molar-refractivity contribution in [3.8, 4) is 0 Å². The van der Waals surface area contributed by atoms with E-state index in [-0.39, 0.29) is 12.1 Å². The molecule has 3 aromatic carbocycles. The number of hydrogen-bond acceptors (Lipinski definition) is 2. The van der Waals surface area contributed by atoms with E-state index in [2.05, 4.69) is 29.6 Å². The highest BCUT2D eigenvalue weighted by molar-refractivity contribution is 6.01. The maximum absolute atomic E-state index is 13.1. The lowest BCUT2D eigenvalue weighted by Crippen LogP contribution is -2.43. The highest BCUT2D eigenvalue weighted by atomic mass is 16.2. The van der Waals surface area contributed by atoms with Crippen molar-refractivity contribution < 1.29 is 4.79 Å². The van der Waals surface area contributed by atoms with Gasteiger partial charge in [0.25, 0.3) is 5.91 Å². The lowest BCUT2D eigenvalue weighted by Gasteiger charge is -2.38. The van der Waals surface area contributed by atoms with Gasteiger partial charge in [0.2, 0.25) is 0 Å². The summed E-state index contributed by atoms with van der Waals surface area (Å²) >= 11 is 0. The molecule has 3 aromatic rings. The van der Waals surface area contributed by atoms with Gasteiger partial charge in [-0.25, -0.2) is 0 Å². The van der Waals surface area contributed by atoms with E-state index in [0.29, 0.717) is 6.54 Å². The number of nitrogens with zero attached hydrogens (tertiary/aromatic N) is 1. The second-order valence-electron chi connectivity index (χ2n) is 6.24. The van der Waals surface area contributed by atoms with Crippen molar-refractivity contribution in [2.24, 2.45) is 0 Å². The molecule has 25 heavy (non-hydrogen) atoms. The van der Waals surface area contributed by atoms with Crippen LogP contribution in [0.2, 0.25) is 0 Å². The van der Waals surface area contributed by atoms with Crippen LogP contribution >= 0.6 is 0 Å². The summed E-state index contributed by atoms with van der Waals surface area (Å²) in [6, 6.07) is 28.2. The first-order chi connectivity index (χ1) is 12.3. The molecule has 1 heterocycles. The Morgan fingerprint density at radius 3 is 2.20 bits per heavy atom.